The molecule has 0 saturated carbocycles. The lowest BCUT2D eigenvalue weighted by molar-refractivity contribution is -0.127. The van der Waals surface area contributed by atoms with E-state index in [2.05, 4.69) is 11.9 Å². The van der Waals surface area contributed by atoms with Crippen LogP contribution in [0, 0.1) is 0 Å². The van der Waals surface area contributed by atoms with Crippen LogP contribution in [-0.4, -0.2) is 39.0 Å². The van der Waals surface area contributed by atoms with E-state index in [-0.39, 0.29) is 5.91 Å². The second-order valence-electron chi connectivity index (χ2n) is 4.85. The van der Waals surface area contributed by atoms with Crippen molar-refractivity contribution >= 4 is 28.5 Å². The first-order valence-electron chi connectivity index (χ1n) is 6.93. The summed E-state index contributed by atoms with van der Waals surface area (Å²) in [5, 5.41) is 9.99. The molecule has 2 unspecified atom stereocenters. The number of rotatable bonds is 5. The number of amidine groups is 1. The van der Waals surface area contributed by atoms with Crippen LogP contribution in [-0.2, 0) is 4.79 Å². The summed E-state index contributed by atoms with van der Waals surface area (Å²) in [6.45, 7) is 4.41. The largest absolute Gasteiger partial charge is 0.392 e. The highest BCUT2D eigenvalue weighted by Crippen LogP contribution is 2.31. The average molecular weight is 292 g/mol. The smallest absolute Gasteiger partial charge is 0.244 e. The van der Waals surface area contributed by atoms with Crippen molar-refractivity contribution in [3.05, 3.63) is 30.3 Å². The lowest BCUT2D eigenvalue weighted by atomic mass is 10.2. The molecule has 1 saturated heterocycles. The van der Waals surface area contributed by atoms with E-state index >= 15 is 0 Å². The number of benzene rings is 1. The molecule has 1 fully saturated rings. The molecule has 0 radical (unpaired) electrons. The molecule has 1 aromatic rings. The zero-order valence-corrected chi connectivity index (χ0v) is 12.6. The summed E-state index contributed by atoms with van der Waals surface area (Å²) < 4.78 is 0. The van der Waals surface area contributed by atoms with Gasteiger partial charge >= 0.3 is 0 Å². The fourth-order valence-corrected chi connectivity index (χ4v) is 3.12. The van der Waals surface area contributed by atoms with E-state index in [1.54, 1.807) is 11.8 Å². The highest BCUT2D eigenvalue weighted by atomic mass is 32.2. The molecular formula is C15H20N2O2S. The molecular weight excluding hydrogens is 272 g/mol. The molecule has 1 amide bonds. The predicted octanol–water partition coefficient (Wildman–Crippen LogP) is 2.80. The monoisotopic (exact) mass is 292 g/mol. The van der Waals surface area contributed by atoms with Gasteiger partial charge in [0.1, 0.15) is 5.25 Å². The number of carbonyl (C=O) groups is 1. The van der Waals surface area contributed by atoms with Crippen LogP contribution in [0.15, 0.2) is 35.3 Å². The highest BCUT2D eigenvalue weighted by molar-refractivity contribution is 8.15. The van der Waals surface area contributed by atoms with Crippen molar-refractivity contribution < 1.29 is 9.90 Å². The van der Waals surface area contributed by atoms with Crippen LogP contribution in [0.3, 0.4) is 0 Å². The Morgan fingerprint density at radius 2 is 2.10 bits per heavy atom. The van der Waals surface area contributed by atoms with Gasteiger partial charge in [0.2, 0.25) is 5.91 Å². The van der Waals surface area contributed by atoms with Crippen molar-refractivity contribution in [1.82, 2.24) is 4.90 Å². The van der Waals surface area contributed by atoms with Gasteiger partial charge in [-0.15, -0.1) is 0 Å². The number of para-hydroxylation sites is 1. The minimum absolute atomic E-state index is 0.0341. The number of aliphatic imine (C=N–C) groups is 1. The quantitative estimate of drug-likeness (QED) is 0.908. The fourth-order valence-electron chi connectivity index (χ4n) is 2.00. The Balaban J connectivity index is 2.24. The van der Waals surface area contributed by atoms with Gasteiger partial charge in [0.15, 0.2) is 5.17 Å². The van der Waals surface area contributed by atoms with Gasteiger partial charge in [-0.25, -0.2) is 4.99 Å². The van der Waals surface area contributed by atoms with Crippen LogP contribution in [0.2, 0.25) is 0 Å². The standard InChI is InChI=1S/C15H20N2O2S/c1-3-4-10-17-14(19)13(11(2)18)20-15(17)16-12-8-6-5-7-9-12/h5-9,11,13,18H,3-4,10H2,1-2H3. The second kappa shape index (κ2) is 6.90. The first-order valence-corrected chi connectivity index (χ1v) is 7.81. The van der Waals surface area contributed by atoms with E-state index in [0.29, 0.717) is 11.7 Å². The third kappa shape index (κ3) is 3.41. The SMILES string of the molecule is CCCCN1C(=O)C(C(C)O)SC1=Nc1ccccc1. The molecule has 1 aromatic carbocycles. The van der Waals surface area contributed by atoms with E-state index in [4.69, 9.17) is 0 Å². The summed E-state index contributed by atoms with van der Waals surface area (Å²) in [5.41, 5.74) is 0.829. The Hall–Kier alpha value is -1.33. The Labute approximate surface area is 123 Å². The fraction of sp³-hybridized carbons (Fsp3) is 0.467. The lowest BCUT2D eigenvalue weighted by Crippen LogP contribution is -2.36. The van der Waals surface area contributed by atoms with Gasteiger partial charge in [-0.1, -0.05) is 43.3 Å². The lowest BCUT2D eigenvalue weighted by Gasteiger charge is -2.16. The molecule has 5 heteroatoms. The van der Waals surface area contributed by atoms with Crippen LogP contribution in [0.4, 0.5) is 5.69 Å². The summed E-state index contributed by atoms with van der Waals surface area (Å²) in [6, 6.07) is 9.59. The molecule has 4 nitrogen and oxygen atoms in total. The molecule has 1 aliphatic rings. The van der Waals surface area contributed by atoms with E-state index in [0.717, 1.165) is 18.5 Å². The zero-order chi connectivity index (χ0) is 14.5. The van der Waals surface area contributed by atoms with Crippen molar-refractivity contribution in [3.63, 3.8) is 0 Å². The molecule has 1 N–H and O–H groups in total. The van der Waals surface area contributed by atoms with Crippen LogP contribution < -0.4 is 0 Å². The Morgan fingerprint density at radius 3 is 2.70 bits per heavy atom. The maximum Gasteiger partial charge on any atom is 0.244 e. The Kier molecular flexibility index (Phi) is 5.20. The number of unbranched alkanes of at least 4 members (excludes halogenated alkanes) is 1. The summed E-state index contributed by atoms with van der Waals surface area (Å²) in [7, 11) is 0. The topological polar surface area (TPSA) is 52.9 Å². The third-order valence-corrected chi connectivity index (χ3v) is 4.50. The van der Waals surface area contributed by atoms with Crippen molar-refractivity contribution in [2.45, 2.75) is 38.0 Å². The summed E-state index contributed by atoms with van der Waals surface area (Å²) in [5.74, 6) is -0.0341. The number of hydrogen-bond donors (Lipinski definition) is 1. The van der Waals surface area contributed by atoms with Gasteiger partial charge < -0.3 is 5.11 Å². The molecule has 1 heterocycles. The van der Waals surface area contributed by atoms with Crippen molar-refractivity contribution in [1.29, 1.82) is 0 Å². The number of aliphatic hydroxyl groups excluding tert-OH is 1. The maximum absolute atomic E-state index is 12.3. The van der Waals surface area contributed by atoms with Gasteiger partial charge in [-0.05, 0) is 25.5 Å². The van der Waals surface area contributed by atoms with Crippen LogP contribution in [0.5, 0.6) is 0 Å². The number of hydrogen-bond acceptors (Lipinski definition) is 4. The van der Waals surface area contributed by atoms with E-state index < -0.39 is 11.4 Å². The Morgan fingerprint density at radius 1 is 1.40 bits per heavy atom. The molecule has 0 aromatic heterocycles. The number of amides is 1. The maximum atomic E-state index is 12.3. The third-order valence-electron chi connectivity index (χ3n) is 3.13. The number of thioether (sulfide) groups is 1. The molecule has 2 rings (SSSR count). The molecule has 20 heavy (non-hydrogen) atoms. The predicted molar refractivity (Wildman–Crippen MR) is 83.2 cm³/mol. The molecule has 0 aliphatic carbocycles. The van der Waals surface area contributed by atoms with Crippen LogP contribution in [0.25, 0.3) is 0 Å². The normalized spacial score (nSPS) is 22.6. The van der Waals surface area contributed by atoms with Crippen molar-refractivity contribution in [3.8, 4) is 0 Å². The molecule has 108 valence electrons. The molecule has 2 atom stereocenters. The molecule has 0 spiro atoms. The van der Waals surface area contributed by atoms with E-state index in [1.165, 1.54) is 11.8 Å². The van der Waals surface area contributed by atoms with Crippen LogP contribution >= 0.6 is 11.8 Å². The summed E-state index contributed by atoms with van der Waals surface area (Å²) in [6.07, 6.45) is 1.29. The number of aliphatic hydroxyl groups is 1. The Bertz CT molecular complexity index is 488. The van der Waals surface area contributed by atoms with E-state index in [1.807, 2.05) is 30.3 Å². The first kappa shape index (κ1) is 15.1. The van der Waals surface area contributed by atoms with Crippen molar-refractivity contribution in [2.75, 3.05) is 6.54 Å². The number of carbonyl (C=O) groups excluding carboxylic acids is 1. The van der Waals surface area contributed by atoms with E-state index in [9.17, 15) is 9.90 Å². The van der Waals surface area contributed by atoms with Gasteiger partial charge in [0.25, 0.3) is 0 Å². The minimum atomic E-state index is -0.667. The van der Waals surface area contributed by atoms with Gasteiger partial charge in [0.05, 0.1) is 11.8 Å². The van der Waals surface area contributed by atoms with Crippen molar-refractivity contribution in [2.24, 2.45) is 4.99 Å². The summed E-state index contributed by atoms with van der Waals surface area (Å²) >= 11 is 1.36. The van der Waals surface area contributed by atoms with Gasteiger partial charge in [-0.2, -0.15) is 0 Å². The van der Waals surface area contributed by atoms with Gasteiger partial charge in [0, 0.05) is 6.54 Å². The number of nitrogens with zero attached hydrogens (tertiary/aromatic N) is 2. The van der Waals surface area contributed by atoms with Gasteiger partial charge in [-0.3, -0.25) is 9.69 Å². The first-order chi connectivity index (χ1) is 9.63. The minimum Gasteiger partial charge on any atom is -0.392 e. The summed E-state index contributed by atoms with van der Waals surface area (Å²) in [4.78, 5) is 18.6. The zero-order valence-electron chi connectivity index (χ0n) is 11.8. The van der Waals surface area contributed by atoms with Crippen LogP contribution in [0.1, 0.15) is 26.7 Å². The highest BCUT2D eigenvalue weighted by Gasteiger charge is 2.40. The second-order valence-corrected chi connectivity index (χ2v) is 5.96. The average Bonchev–Trinajstić information content (AvgIpc) is 2.74. The molecule has 0 bridgehead atoms. The molecule has 1 aliphatic heterocycles.